The average molecular weight is 296 g/mol. The summed E-state index contributed by atoms with van der Waals surface area (Å²) in [5, 5.41) is 14.2. The Hall–Kier alpha value is -2.05. The molecule has 0 aliphatic carbocycles. The van der Waals surface area contributed by atoms with Gasteiger partial charge in [0.25, 0.3) is 5.91 Å². The highest BCUT2D eigenvalue weighted by molar-refractivity contribution is 7.18. The van der Waals surface area contributed by atoms with Crippen molar-refractivity contribution in [3.05, 3.63) is 51.2 Å². The molecule has 19 heavy (non-hydrogen) atoms. The van der Waals surface area contributed by atoms with Crippen molar-refractivity contribution in [2.45, 2.75) is 0 Å². The Kier molecular flexibility index (Phi) is 4.03. The lowest BCUT2D eigenvalue weighted by atomic mass is 10.2. The summed E-state index contributed by atoms with van der Waals surface area (Å²) >= 11 is 6.97. The zero-order valence-corrected chi connectivity index (χ0v) is 11.2. The van der Waals surface area contributed by atoms with Crippen LogP contribution in [0.4, 0.5) is 5.69 Å². The van der Waals surface area contributed by atoms with Crippen molar-refractivity contribution >= 4 is 40.4 Å². The number of amidine groups is 1. The van der Waals surface area contributed by atoms with Crippen LogP contribution < -0.4 is 11.1 Å². The van der Waals surface area contributed by atoms with E-state index in [9.17, 15) is 4.79 Å². The number of nitrogens with two attached hydrogens (primary N) is 1. The van der Waals surface area contributed by atoms with E-state index in [2.05, 4.69) is 10.5 Å². The molecule has 5 nitrogen and oxygen atoms in total. The SMILES string of the molecule is NC(=NO)c1cccc(NC(=O)c2ccc(Cl)s2)c1. The number of oxime groups is 1. The van der Waals surface area contributed by atoms with Crippen molar-refractivity contribution in [2.75, 3.05) is 5.32 Å². The van der Waals surface area contributed by atoms with Crippen LogP contribution in [0.25, 0.3) is 0 Å². The number of nitrogens with one attached hydrogen (secondary N) is 1. The Morgan fingerprint density at radius 2 is 2.16 bits per heavy atom. The monoisotopic (exact) mass is 295 g/mol. The molecule has 0 spiro atoms. The highest BCUT2D eigenvalue weighted by atomic mass is 35.5. The Morgan fingerprint density at radius 1 is 1.37 bits per heavy atom. The third-order valence-corrected chi connectivity index (χ3v) is 3.55. The fourth-order valence-electron chi connectivity index (χ4n) is 1.44. The van der Waals surface area contributed by atoms with Crippen molar-refractivity contribution in [3.8, 4) is 0 Å². The average Bonchev–Trinajstić information content (AvgIpc) is 2.85. The maximum absolute atomic E-state index is 11.9. The number of amides is 1. The summed E-state index contributed by atoms with van der Waals surface area (Å²) in [6.07, 6.45) is 0. The van der Waals surface area contributed by atoms with Crippen molar-refractivity contribution in [1.82, 2.24) is 0 Å². The molecule has 1 heterocycles. The largest absolute Gasteiger partial charge is 0.409 e. The summed E-state index contributed by atoms with van der Waals surface area (Å²) in [7, 11) is 0. The lowest BCUT2D eigenvalue weighted by Crippen LogP contribution is -2.14. The van der Waals surface area contributed by atoms with E-state index in [1.54, 1.807) is 36.4 Å². The van der Waals surface area contributed by atoms with Gasteiger partial charge in [-0.1, -0.05) is 28.9 Å². The van der Waals surface area contributed by atoms with Crippen LogP contribution in [-0.4, -0.2) is 17.0 Å². The molecule has 4 N–H and O–H groups in total. The number of halogens is 1. The third kappa shape index (κ3) is 3.24. The molecule has 0 bridgehead atoms. The first-order chi connectivity index (χ1) is 9.10. The fraction of sp³-hybridized carbons (Fsp3) is 0. The zero-order valence-electron chi connectivity index (χ0n) is 9.63. The Morgan fingerprint density at radius 3 is 2.79 bits per heavy atom. The normalized spacial score (nSPS) is 11.3. The van der Waals surface area contributed by atoms with E-state index in [0.717, 1.165) is 0 Å². The van der Waals surface area contributed by atoms with Gasteiger partial charge in [-0.3, -0.25) is 4.79 Å². The second kappa shape index (κ2) is 5.73. The molecule has 2 rings (SSSR count). The van der Waals surface area contributed by atoms with Gasteiger partial charge in [0.05, 0.1) is 9.21 Å². The molecule has 0 fully saturated rings. The molecule has 0 unspecified atom stereocenters. The second-order valence-electron chi connectivity index (χ2n) is 3.62. The number of rotatable bonds is 3. The van der Waals surface area contributed by atoms with E-state index in [4.69, 9.17) is 22.5 Å². The van der Waals surface area contributed by atoms with Crippen molar-refractivity contribution in [3.63, 3.8) is 0 Å². The van der Waals surface area contributed by atoms with Gasteiger partial charge in [-0.2, -0.15) is 0 Å². The van der Waals surface area contributed by atoms with Crippen LogP contribution in [0.2, 0.25) is 4.34 Å². The summed E-state index contributed by atoms with van der Waals surface area (Å²) in [5.74, 6) is -0.274. The van der Waals surface area contributed by atoms with E-state index in [-0.39, 0.29) is 11.7 Å². The highest BCUT2D eigenvalue weighted by Gasteiger charge is 2.09. The molecule has 98 valence electrons. The zero-order chi connectivity index (χ0) is 13.8. The lowest BCUT2D eigenvalue weighted by molar-refractivity contribution is 0.103. The number of hydrogen-bond donors (Lipinski definition) is 3. The van der Waals surface area contributed by atoms with Gasteiger partial charge >= 0.3 is 0 Å². The summed E-state index contributed by atoms with van der Waals surface area (Å²) in [6.45, 7) is 0. The maximum atomic E-state index is 11.9. The first kappa shape index (κ1) is 13.4. The van der Waals surface area contributed by atoms with Gasteiger partial charge in [0.2, 0.25) is 0 Å². The second-order valence-corrected chi connectivity index (χ2v) is 5.34. The number of hydrogen-bond acceptors (Lipinski definition) is 4. The minimum Gasteiger partial charge on any atom is -0.409 e. The smallest absolute Gasteiger partial charge is 0.265 e. The third-order valence-electron chi connectivity index (χ3n) is 2.32. The van der Waals surface area contributed by atoms with Crippen molar-refractivity contribution in [1.29, 1.82) is 0 Å². The molecule has 1 amide bonds. The van der Waals surface area contributed by atoms with Gasteiger partial charge in [0.15, 0.2) is 5.84 Å². The van der Waals surface area contributed by atoms with E-state index < -0.39 is 0 Å². The quantitative estimate of drug-likeness (QED) is 0.352. The van der Waals surface area contributed by atoms with Crippen molar-refractivity contribution in [2.24, 2.45) is 10.9 Å². The lowest BCUT2D eigenvalue weighted by Gasteiger charge is -2.05. The molecule has 0 atom stereocenters. The minimum atomic E-state index is -0.256. The Labute approximate surface area is 118 Å². The van der Waals surface area contributed by atoms with Crippen LogP contribution in [0.1, 0.15) is 15.2 Å². The van der Waals surface area contributed by atoms with E-state index in [0.29, 0.717) is 20.5 Å². The standard InChI is InChI=1S/C12H10ClN3O2S/c13-10-5-4-9(19-10)12(17)15-8-3-1-2-7(6-8)11(14)16-18/h1-6,18H,(H2,14,16)(H,15,17). The Bertz CT molecular complexity index is 639. The van der Waals surface area contributed by atoms with Gasteiger partial charge in [-0.05, 0) is 24.3 Å². The van der Waals surface area contributed by atoms with Crippen LogP contribution in [-0.2, 0) is 0 Å². The molecule has 1 aromatic heterocycles. The van der Waals surface area contributed by atoms with Crippen LogP contribution >= 0.6 is 22.9 Å². The number of nitrogens with zero attached hydrogens (tertiary/aromatic N) is 1. The van der Waals surface area contributed by atoms with E-state index >= 15 is 0 Å². The highest BCUT2D eigenvalue weighted by Crippen LogP contribution is 2.22. The molecule has 0 radical (unpaired) electrons. The van der Waals surface area contributed by atoms with Crippen LogP contribution in [0.15, 0.2) is 41.6 Å². The molecule has 0 aliphatic heterocycles. The molecule has 2 aromatic rings. The van der Waals surface area contributed by atoms with Gasteiger partial charge in [0, 0.05) is 11.3 Å². The summed E-state index contributed by atoms with van der Waals surface area (Å²) in [5.41, 5.74) is 6.55. The van der Waals surface area contributed by atoms with E-state index in [1.165, 1.54) is 11.3 Å². The number of benzene rings is 1. The van der Waals surface area contributed by atoms with Gasteiger partial charge < -0.3 is 16.3 Å². The number of thiophene rings is 1. The topological polar surface area (TPSA) is 87.7 Å². The minimum absolute atomic E-state index is 0.0183. The van der Waals surface area contributed by atoms with Crippen LogP contribution in [0, 0.1) is 0 Å². The Balaban J connectivity index is 2.17. The van der Waals surface area contributed by atoms with Crippen LogP contribution in [0.3, 0.4) is 0 Å². The molecule has 1 aromatic carbocycles. The maximum Gasteiger partial charge on any atom is 0.265 e. The van der Waals surface area contributed by atoms with Gasteiger partial charge in [0.1, 0.15) is 0 Å². The molecular formula is C12H10ClN3O2S. The number of carbonyl (C=O) groups is 1. The predicted molar refractivity (Wildman–Crippen MR) is 76.2 cm³/mol. The van der Waals surface area contributed by atoms with E-state index in [1.807, 2.05) is 0 Å². The number of carbonyl (C=O) groups excluding carboxylic acids is 1. The fourth-order valence-corrected chi connectivity index (χ4v) is 2.38. The van der Waals surface area contributed by atoms with Gasteiger partial charge in [-0.15, -0.1) is 11.3 Å². The van der Waals surface area contributed by atoms with Gasteiger partial charge in [-0.25, -0.2) is 0 Å². The molecule has 7 heteroatoms. The molecule has 0 aliphatic rings. The molecule has 0 saturated carbocycles. The first-order valence-corrected chi connectivity index (χ1v) is 6.44. The first-order valence-electron chi connectivity index (χ1n) is 5.25. The predicted octanol–water partition coefficient (Wildman–Crippen LogP) is 2.75. The summed E-state index contributed by atoms with van der Waals surface area (Å²) in [6, 6.07) is 10.0. The molecule has 0 saturated heterocycles. The number of anilines is 1. The molecular weight excluding hydrogens is 286 g/mol. The summed E-state index contributed by atoms with van der Waals surface area (Å²) in [4.78, 5) is 12.4. The van der Waals surface area contributed by atoms with Crippen LogP contribution in [0.5, 0.6) is 0 Å². The summed E-state index contributed by atoms with van der Waals surface area (Å²) < 4.78 is 0.551. The van der Waals surface area contributed by atoms with Crippen molar-refractivity contribution < 1.29 is 10.0 Å².